The van der Waals surface area contributed by atoms with Crippen molar-refractivity contribution in [3.05, 3.63) is 52.0 Å². The monoisotopic (exact) mass is 395 g/mol. The molecule has 3 N–H and O–H groups in total. The summed E-state index contributed by atoms with van der Waals surface area (Å²) < 4.78 is 10.7. The lowest BCUT2D eigenvalue weighted by atomic mass is 10.0. The van der Waals surface area contributed by atoms with Crippen LogP contribution in [0.1, 0.15) is 18.0 Å². The van der Waals surface area contributed by atoms with Crippen LogP contribution in [0.3, 0.4) is 0 Å². The minimum atomic E-state index is -0.412. The molecule has 2 aromatic carbocycles. The van der Waals surface area contributed by atoms with Gasteiger partial charge in [-0.2, -0.15) is 0 Å². The molecule has 1 aliphatic heterocycles. The Morgan fingerprint density at radius 1 is 1.08 bits per heavy atom. The second-order valence-electron chi connectivity index (χ2n) is 5.88. The fourth-order valence-electron chi connectivity index (χ4n) is 2.89. The predicted molar refractivity (Wildman–Crippen MR) is 102 cm³/mol. The van der Waals surface area contributed by atoms with E-state index in [4.69, 9.17) is 32.7 Å². The fourth-order valence-corrected chi connectivity index (χ4v) is 3.42. The highest BCUT2D eigenvalue weighted by Gasteiger charge is 2.31. The number of ether oxygens (including phenoxy) is 2. The van der Waals surface area contributed by atoms with Crippen LogP contribution in [0, 0.1) is 0 Å². The van der Waals surface area contributed by atoms with Crippen molar-refractivity contribution in [3.8, 4) is 11.5 Å². The molecule has 3 rings (SSSR count). The molecular weight excluding hydrogens is 377 g/mol. The third kappa shape index (κ3) is 4.22. The Hall–Kier alpha value is -1.99. The minimum Gasteiger partial charge on any atom is -0.497 e. The summed E-state index contributed by atoms with van der Waals surface area (Å²) in [4.78, 5) is 12.5. The number of benzene rings is 2. The standard InChI is InChI=1S/C18H19Cl2N3O3/c1-25-13-3-4-14(17(8-13)26-2)15-9-16(23-22-15)18(24)21-12-6-10(19)5-11(20)7-12/h3-8,15-16,22-23H,9H2,1-2H3,(H,21,24). The van der Waals surface area contributed by atoms with Crippen molar-refractivity contribution in [1.29, 1.82) is 0 Å². The molecule has 0 aromatic heterocycles. The van der Waals surface area contributed by atoms with E-state index in [9.17, 15) is 4.79 Å². The molecule has 0 saturated carbocycles. The first kappa shape index (κ1) is 18.8. The van der Waals surface area contributed by atoms with Crippen LogP contribution in [0.4, 0.5) is 5.69 Å². The summed E-state index contributed by atoms with van der Waals surface area (Å²) in [5.41, 5.74) is 7.66. The van der Waals surface area contributed by atoms with Gasteiger partial charge in [-0.05, 0) is 30.7 Å². The van der Waals surface area contributed by atoms with E-state index >= 15 is 0 Å². The number of hydrogen-bond donors (Lipinski definition) is 3. The third-order valence-electron chi connectivity index (χ3n) is 4.17. The Balaban J connectivity index is 1.69. The van der Waals surface area contributed by atoms with Crippen molar-refractivity contribution in [2.45, 2.75) is 18.5 Å². The van der Waals surface area contributed by atoms with Crippen LogP contribution in [0.2, 0.25) is 10.0 Å². The summed E-state index contributed by atoms with van der Waals surface area (Å²) in [6, 6.07) is 10.0. The van der Waals surface area contributed by atoms with Crippen molar-refractivity contribution >= 4 is 34.8 Å². The van der Waals surface area contributed by atoms with Crippen LogP contribution in [-0.4, -0.2) is 26.2 Å². The van der Waals surface area contributed by atoms with Gasteiger partial charge in [0.05, 0.1) is 20.3 Å². The van der Waals surface area contributed by atoms with Gasteiger partial charge in [0.25, 0.3) is 0 Å². The second-order valence-corrected chi connectivity index (χ2v) is 6.76. The van der Waals surface area contributed by atoms with Crippen LogP contribution in [0.15, 0.2) is 36.4 Å². The molecule has 8 heteroatoms. The molecule has 26 heavy (non-hydrogen) atoms. The Labute approximate surface area is 161 Å². The Morgan fingerprint density at radius 2 is 1.81 bits per heavy atom. The second kappa shape index (κ2) is 8.14. The number of methoxy groups -OCH3 is 2. The first-order valence-corrected chi connectivity index (χ1v) is 8.75. The molecule has 1 saturated heterocycles. The summed E-state index contributed by atoms with van der Waals surface area (Å²) in [5, 5.41) is 3.75. The van der Waals surface area contributed by atoms with Crippen molar-refractivity contribution in [2.75, 3.05) is 19.5 Å². The molecule has 138 valence electrons. The van der Waals surface area contributed by atoms with Gasteiger partial charge in [-0.15, -0.1) is 0 Å². The highest BCUT2D eigenvalue weighted by Crippen LogP contribution is 2.33. The van der Waals surface area contributed by atoms with Crippen molar-refractivity contribution < 1.29 is 14.3 Å². The van der Waals surface area contributed by atoms with E-state index in [0.29, 0.717) is 33.7 Å². The molecule has 2 aromatic rings. The molecule has 0 spiro atoms. The van der Waals surface area contributed by atoms with Gasteiger partial charge in [0.1, 0.15) is 17.5 Å². The molecule has 2 unspecified atom stereocenters. The molecule has 1 fully saturated rings. The summed E-state index contributed by atoms with van der Waals surface area (Å²) in [6.07, 6.45) is 0.558. The molecule has 0 radical (unpaired) electrons. The van der Waals surface area contributed by atoms with E-state index in [-0.39, 0.29) is 11.9 Å². The van der Waals surface area contributed by atoms with Crippen LogP contribution >= 0.6 is 23.2 Å². The molecule has 1 aliphatic rings. The zero-order valence-electron chi connectivity index (χ0n) is 14.3. The lowest BCUT2D eigenvalue weighted by Gasteiger charge is -2.15. The van der Waals surface area contributed by atoms with Crippen LogP contribution in [0.5, 0.6) is 11.5 Å². The lowest BCUT2D eigenvalue weighted by molar-refractivity contribution is -0.117. The summed E-state index contributed by atoms with van der Waals surface area (Å²) in [5.74, 6) is 1.24. The molecule has 2 atom stereocenters. The van der Waals surface area contributed by atoms with Gasteiger partial charge in [-0.25, -0.2) is 10.9 Å². The molecular formula is C18H19Cl2N3O3. The maximum Gasteiger partial charge on any atom is 0.242 e. The first-order chi connectivity index (χ1) is 12.5. The number of halogens is 2. The number of carbonyl (C=O) groups excluding carboxylic acids is 1. The van der Waals surface area contributed by atoms with E-state index in [2.05, 4.69) is 16.2 Å². The van der Waals surface area contributed by atoms with Gasteiger partial charge in [-0.3, -0.25) is 4.79 Å². The van der Waals surface area contributed by atoms with Gasteiger partial charge in [0, 0.05) is 27.4 Å². The quantitative estimate of drug-likeness (QED) is 0.721. The van der Waals surface area contributed by atoms with E-state index in [1.54, 1.807) is 32.4 Å². The van der Waals surface area contributed by atoms with Gasteiger partial charge < -0.3 is 14.8 Å². The van der Waals surface area contributed by atoms with Gasteiger partial charge in [0.15, 0.2) is 0 Å². The topological polar surface area (TPSA) is 71.6 Å². The average Bonchev–Trinajstić information content (AvgIpc) is 3.10. The number of nitrogens with one attached hydrogen (secondary N) is 3. The fraction of sp³-hybridized carbons (Fsp3) is 0.278. The van der Waals surface area contributed by atoms with Crippen molar-refractivity contribution in [1.82, 2.24) is 10.9 Å². The van der Waals surface area contributed by atoms with E-state index in [1.165, 1.54) is 0 Å². The first-order valence-electron chi connectivity index (χ1n) is 8.00. The van der Waals surface area contributed by atoms with E-state index in [1.807, 2.05) is 18.2 Å². The van der Waals surface area contributed by atoms with E-state index in [0.717, 1.165) is 5.56 Å². The molecule has 6 nitrogen and oxygen atoms in total. The van der Waals surface area contributed by atoms with Gasteiger partial charge in [-0.1, -0.05) is 29.3 Å². The number of anilines is 1. The SMILES string of the molecule is COc1ccc(C2CC(C(=O)Nc3cc(Cl)cc(Cl)c3)NN2)c(OC)c1. The Kier molecular flexibility index (Phi) is 5.88. The van der Waals surface area contributed by atoms with Crippen molar-refractivity contribution in [2.24, 2.45) is 0 Å². The van der Waals surface area contributed by atoms with Crippen LogP contribution in [-0.2, 0) is 4.79 Å². The Bertz CT molecular complexity index is 796. The predicted octanol–water partition coefficient (Wildman–Crippen LogP) is 3.56. The number of hydrazine groups is 1. The van der Waals surface area contributed by atoms with Crippen LogP contribution in [0.25, 0.3) is 0 Å². The van der Waals surface area contributed by atoms with Gasteiger partial charge >= 0.3 is 0 Å². The third-order valence-corrected chi connectivity index (χ3v) is 4.60. The minimum absolute atomic E-state index is 0.0745. The zero-order valence-corrected chi connectivity index (χ0v) is 15.8. The number of carbonyl (C=O) groups is 1. The lowest BCUT2D eigenvalue weighted by Crippen LogP contribution is -2.39. The zero-order chi connectivity index (χ0) is 18.7. The molecule has 0 aliphatic carbocycles. The average molecular weight is 396 g/mol. The smallest absolute Gasteiger partial charge is 0.242 e. The number of hydrogen-bond acceptors (Lipinski definition) is 5. The van der Waals surface area contributed by atoms with Crippen LogP contribution < -0.4 is 25.6 Å². The maximum absolute atomic E-state index is 12.5. The highest BCUT2D eigenvalue weighted by atomic mass is 35.5. The molecule has 1 heterocycles. The Morgan fingerprint density at radius 3 is 2.46 bits per heavy atom. The maximum atomic E-state index is 12.5. The largest absolute Gasteiger partial charge is 0.497 e. The number of amides is 1. The van der Waals surface area contributed by atoms with E-state index < -0.39 is 6.04 Å². The highest BCUT2D eigenvalue weighted by molar-refractivity contribution is 6.35. The summed E-state index contributed by atoms with van der Waals surface area (Å²) >= 11 is 11.9. The summed E-state index contributed by atoms with van der Waals surface area (Å²) in [7, 11) is 3.21. The normalized spacial score (nSPS) is 19.2. The van der Waals surface area contributed by atoms with Gasteiger partial charge in [0.2, 0.25) is 5.91 Å². The molecule has 0 bridgehead atoms. The molecule has 1 amide bonds. The summed E-state index contributed by atoms with van der Waals surface area (Å²) in [6.45, 7) is 0. The van der Waals surface area contributed by atoms with Crippen molar-refractivity contribution in [3.63, 3.8) is 0 Å². The number of rotatable bonds is 5.